The largest absolute Gasteiger partial charge is 0.493 e. The van der Waals surface area contributed by atoms with Crippen LogP contribution in [0.25, 0.3) is 0 Å². The maximum Gasteiger partial charge on any atom is 0.174 e. The zero-order valence-corrected chi connectivity index (χ0v) is 13.4. The van der Waals surface area contributed by atoms with Crippen LogP contribution in [0.1, 0.15) is 5.56 Å². The van der Waals surface area contributed by atoms with Crippen LogP contribution in [0.5, 0.6) is 11.5 Å². The number of pyridine rings is 1. The van der Waals surface area contributed by atoms with Gasteiger partial charge in [0.25, 0.3) is 0 Å². The molecular weight excluding hydrogens is 298 g/mol. The van der Waals surface area contributed by atoms with Gasteiger partial charge in [-0.05, 0) is 43.4 Å². The SMILES string of the molecule is COc1cccnc1NC(=S)NCCOc1ccc(C)cc1. The van der Waals surface area contributed by atoms with E-state index in [4.69, 9.17) is 21.7 Å². The number of nitrogens with one attached hydrogen (secondary N) is 2. The lowest BCUT2D eigenvalue weighted by atomic mass is 10.2. The number of hydrogen-bond donors (Lipinski definition) is 2. The fourth-order valence-electron chi connectivity index (χ4n) is 1.77. The lowest BCUT2D eigenvalue weighted by Gasteiger charge is -2.12. The van der Waals surface area contributed by atoms with Crippen LogP contribution in [0.2, 0.25) is 0 Å². The van der Waals surface area contributed by atoms with Crippen molar-refractivity contribution in [3.63, 3.8) is 0 Å². The molecule has 2 N–H and O–H groups in total. The summed E-state index contributed by atoms with van der Waals surface area (Å²) in [6.07, 6.45) is 1.67. The lowest BCUT2D eigenvalue weighted by molar-refractivity contribution is 0.322. The monoisotopic (exact) mass is 317 g/mol. The fraction of sp³-hybridized carbons (Fsp3) is 0.250. The van der Waals surface area contributed by atoms with E-state index in [0.29, 0.717) is 29.8 Å². The topological polar surface area (TPSA) is 55.4 Å². The van der Waals surface area contributed by atoms with Crippen molar-refractivity contribution in [2.75, 3.05) is 25.6 Å². The summed E-state index contributed by atoms with van der Waals surface area (Å²) in [5, 5.41) is 6.54. The van der Waals surface area contributed by atoms with E-state index in [-0.39, 0.29) is 0 Å². The zero-order valence-electron chi connectivity index (χ0n) is 12.6. The van der Waals surface area contributed by atoms with Crippen molar-refractivity contribution in [3.05, 3.63) is 48.2 Å². The molecule has 0 aliphatic carbocycles. The van der Waals surface area contributed by atoms with Crippen molar-refractivity contribution in [3.8, 4) is 11.5 Å². The summed E-state index contributed by atoms with van der Waals surface area (Å²) < 4.78 is 10.8. The number of anilines is 1. The Bertz CT molecular complexity index is 617. The van der Waals surface area contributed by atoms with E-state index in [0.717, 1.165) is 5.75 Å². The third-order valence-corrected chi connectivity index (χ3v) is 3.15. The average molecular weight is 317 g/mol. The summed E-state index contributed by atoms with van der Waals surface area (Å²) in [6, 6.07) is 11.5. The Morgan fingerprint density at radius 1 is 1.23 bits per heavy atom. The number of rotatable bonds is 6. The van der Waals surface area contributed by atoms with Crippen LogP contribution in [-0.4, -0.2) is 30.4 Å². The van der Waals surface area contributed by atoms with Gasteiger partial charge in [0, 0.05) is 6.20 Å². The van der Waals surface area contributed by atoms with Crippen molar-refractivity contribution in [2.24, 2.45) is 0 Å². The predicted molar refractivity (Wildman–Crippen MR) is 91.7 cm³/mol. The van der Waals surface area contributed by atoms with E-state index in [1.807, 2.05) is 37.3 Å². The zero-order chi connectivity index (χ0) is 15.8. The molecule has 1 aromatic heterocycles. The Hall–Kier alpha value is -2.34. The number of hydrogen-bond acceptors (Lipinski definition) is 4. The molecule has 22 heavy (non-hydrogen) atoms. The summed E-state index contributed by atoms with van der Waals surface area (Å²) in [5.74, 6) is 2.07. The van der Waals surface area contributed by atoms with Gasteiger partial charge in [-0.25, -0.2) is 4.98 Å². The van der Waals surface area contributed by atoms with Gasteiger partial charge >= 0.3 is 0 Å². The molecule has 0 saturated heterocycles. The van der Waals surface area contributed by atoms with E-state index in [1.54, 1.807) is 19.4 Å². The Labute approximate surface area is 135 Å². The summed E-state index contributed by atoms with van der Waals surface area (Å²) >= 11 is 5.22. The molecule has 0 unspecified atom stereocenters. The third kappa shape index (κ3) is 4.89. The first-order valence-electron chi connectivity index (χ1n) is 6.92. The van der Waals surface area contributed by atoms with Crippen LogP contribution >= 0.6 is 12.2 Å². The molecule has 6 heteroatoms. The molecule has 0 fully saturated rings. The number of methoxy groups -OCH3 is 1. The van der Waals surface area contributed by atoms with Gasteiger partial charge in [0.2, 0.25) is 0 Å². The number of aromatic nitrogens is 1. The average Bonchev–Trinajstić information content (AvgIpc) is 2.54. The Morgan fingerprint density at radius 3 is 2.73 bits per heavy atom. The predicted octanol–water partition coefficient (Wildman–Crippen LogP) is 2.76. The minimum atomic E-state index is 0.476. The highest BCUT2D eigenvalue weighted by Gasteiger charge is 2.04. The molecule has 1 heterocycles. The van der Waals surface area contributed by atoms with Gasteiger partial charge in [-0.1, -0.05) is 17.7 Å². The van der Waals surface area contributed by atoms with Crippen LogP contribution < -0.4 is 20.1 Å². The summed E-state index contributed by atoms with van der Waals surface area (Å²) in [7, 11) is 1.59. The van der Waals surface area contributed by atoms with Gasteiger partial charge in [-0.3, -0.25) is 0 Å². The number of nitrogens with zero attached hydrogens (tertiary/aromatic N) is 1. The number of ether oxygens (including phenoxy) is 2. The Kier molecular flexibility index (Phi) is 5.97. The van der Waals surface area contributed by atoms with E-state index in [9.17, 15) is 0 Å². The van der Waals surface area contributed by atoms with Crippen LogP contribution in [0, 0.1) is 6.92 Å². The Morgan fingerprint density at radius 2 is 2.00 bits per heavy atom. The van der Waals surface area contributed by atoms with Crippen molar-refractivity contribution >= 4 is 23.1 Å². The van der Waals surface area contributed by atoms with Gasteiger partial charge in [-0.15, -0.1) is 0 Å². The lowest BCUT2D eigenvalue weighted by Crippen LogP contribution is -2.32. The fourth-order valence-corrected chi connectivity index (χ4v) is 1.97. The molecule has 0 aliphatic heterocycles. The van der Waals surface area contributed by atoms with E-state index >= 15 is 0 Å². The molecule has 0 amide bonds. The van der Waals surface area contributed by atoms with Crippen molar-refractivity contribution in [1.82, 2.24) is 10.3 Å². The molecule has 1 aromatic carbocycles. The first kappa shape index (κ1) is 16.0. The van der Waals surface area contributed by atoms with Crippen LogP contribution in [0.15, 0.2) is 42.6 Å². The molecule has 0 spiro atoms. The van der Waals surface area contributed by atoms with E-state index in [1.165, 1.54) is 5.56 Å². The summed E-state index contributed by atoms with van der Waals surface area (Å²) in [6.45, 7) is 3.15. The molecule has 0 aliphatic rings. The van der Waals surface area contributed by atoms with Gasteiger partial charge in [0.15, 0.2) is 16.7 Å². The van der Waals surface area contributed by atoms with Gasteiger partial charge in [0.05, 0.1) is 13.7 Å². The van der Waals surface area contributed by atoms with Crippen molar-refractivity contribution in [2.45, 2.75) is 6.92 Å². The minimum absolute atomic E-state index is 0.476. The molecule has 0 saturated carbocycles. The van der Waals surface area contributed by atoms with Gasteiger partial charge in [-0.2, -0.15) is 0 Å². The molecule has 5 nitrogen and oxygen atoms in total. The first-order chi connectivity index (χ1) is 10.7. The molecule has 116 valence electrons. The Balaban J connectivity index is 1.72. The molecule has 0 bridgehead atoms. The van der Waals surface area contributed by atoms with Gasteiger partial charge < -0.3 is 20.1 Å². The maximum absolute atomic E-state index is 5.62. The second kappa shape index (κ2) is 8.19. The summed E-state index contributed by atoms with van der Waals surface area (Å²) in [4.78, 5) is 4.18. The highest BCUT2D eigenvalue weighted by Crippen LogP contribution is 2.19. The maximum atomic E-state index is 5.62. The number of aryl methyl sites for hydroxylation is 1. The minimum Gasteiger partial charge on any atom is -0.493 e. The second-order valence-corrected chi connectivity index (χ2v) is 5.00. The van der Waals surface area contributed by atoms with Gasteiger partial charge in [0.1, 0.15) is 12.4 Å². The molecular formula is C16H19N3O2S. The first-order valence-corrected chi connectivity index (χ1v) is 7.33. The summed E-state index contributed by atoms with van der Waals surface area (Å²) in [5.41, 5.74) is 1.21. The van der Waals surface area contributed by atoms with E-state index < -0.39 is 0 Å². The second-order valence-electron chi connectivity index (χ2n) is 4.60. The normalized spacial score (nSPS) is 9.91. The standard InChI is InChI=1S/C16H19N3O2S/c1-12-5-7-13(8-6-12)21-11-10-18-16(22)19-15-14(20-2)4-3-9-17-15/h3-9H,10-11H2,1-2H3,(H2,17,18,19,22). The molecule has 0 atom stereocenters. The van der Waals surface area contributed by atoms with Crippen LogP contribution in [0.3, 0.4) is 0 Å². The van der Waals surface area contributed by atoms with Crippen LogP contribution in [0.4, 0.5) is 5.82 Å². The highest BCUT2D eigenvalue weighted by atomic mass is 32.1. The van der Waals surface area contributed by atoms with Crippen molar-refractivity contribution in [1.29, 1.82) is 0 Å². The van der Waals surface area contributed by atoms with E-state index in [2.05, 4.69) is 15.6 Å². The third-order valence-electron chi connectivity index (χ3n) is 2.90. The number of thiocarbonyl (C=S) groups is 1. The molecule has 2 aromatic rings. The molecule has 2 rings (SSSR count). The van der Waals surface area contributed by atoms with Crippen LogP contribution in [-0.2, 0) is 0 Å². The smallest absolute Gasteiger partial charge is 0.174 e. The quantitative estimate of drug-likeness (QED) is 0.631. The van der Waals surface area contributed by atoms with Crippen molar-refractivity contribution < 1.29 is 9.47 Å². The number of benzene rings is 1. The molecule has 0 radical (unpaired) electrons. The highest BCUT2D eigenvalue weighted by molar-refractivity contribution is 7.80.